The summed E-state index contributed by atoms with van der Waals surface area (Å²) in [6.07, 6.45) is 0. The van der Waals surface area contributed by atoms with Crippen LogP contribution in [0.3, 0.4) is 0 Å². The van der Waals surface area contributed by atoms with Gasteiger partial charge in [-0.3, -0.25) is 0 Å². The van der Waals surface area contributed by atoms with Crippen molar-refractivity contribution in [1.29, 1.82) is 0 Å². The van der Waals surface area contributed by atoms with Gasteiger partial charge in [0.1, 0.15) is 5.75 Å². The van der Waals surface area contributed by atoms with Crippen LogP contribution in [0.2, 0.25) is 0 Å². The molecule has 1 aromatic rings. The second kappa shape index (κ2) is 5.34. The zero-order chi connectivity index (χ0) is 11.4. The van der Waals surface area contributed by atoms with Crippen LogP contribution in [-0.4, -0.2) is 31.2 Å². The molecule has 1 aliphatic rings. The molecule has 0 amide bonds. The quantitative estimate of drug-likeness (QED) is 0.820. The predicted molar refractivity (Wildman–Crippen MR) is 71.6 cm³/mol. The molecule has 0 aromatic heterocycles. The fourth-order valence-corrected chi connectivity index (χ4v) is 2.76. The average molecular weight is 238 g/mol. The fraction of sp³-hybridized carbons (Fsp3) is 0.500. The summed E-state index contributed by atoms with van der Waals surface area (Å²) in [5.41, 5.74) is 7.85. The van der Waals surface area contributed by atoms with Crippen molar-refractivity contribution in [3.05, 3.63) is 18.2 Å². The molecule has 88 valence electrons. The molecule has 16 heavy (non-hydrogen) atoms. The molecule has 0 spiro atoms. The third kappa shape index (κ3) is 2.76. The van der Waals surface area contributed by atoms with Crippen LogP contribution < -0.4 is 15.4 Å². The van der Waals surface area contributed by atoms with Crippen molar-refractivity contribution in [3.8, 4) is 5.75 Å². The van der Waals surface area contributed by atoms with Crippen LogP contribution >= 0.6 is 11.8 Å². The molecule has 2 N–H and O–H groups in total. The maximum absolute atomic E-state index is 5.88. The van der Waals surface area contributed by atoms with Gasteiger partial charge in [0.25, 0.3) is 0 Å². The standard InChI is InChI=1S/C12H18N2OS/c1-2-15-12-8-10(13)7-11(9-12)14-3-5-16-6-4-14/h7-9H,2-6,13H2,1H3. The average Bonchev–Trinajstić information content (AvgIpc) is 2.30. The van der Waals surface area contributed by atoms with Gasteiger partial charge in [0.2, 0.25) is 0 Å². The molecule has 2 rings (SSSR count). The number of benzene rings is 1. The Morgan fingerprint density at radius 3 is 2.75 bits per heavy atom. The van der Waals surface area contributed by atoms with Gasteiger partial charge in [-0.05, 0) is 13.0 Å². The van der Waals surface area contributed by atoms with E-state index >= 15 is 0 Å². The van der Waals surface area contributed by atoms with Gasteiger partial charge >= 0.3 is 0 Å². The first-order valence-electron chi connectivity index (χ1n) is 5.65. The lowest BCUT2D eigenvalue weighted by atomic mass is 10.2. The molecule has 0 radical (unpaired) electrons. The van der Waals surface area contributed by atoms with Crippen molar-refractivity contribution in [3.63, 3.8) is 0 Å². The second-order valence-electron chi connectivity index (χ2n) is 3.79. The molecule has 0 atom stereocenters. The predicted octanol–water partition coefficient (Wildman–Crippen LogP) is 2.22. The monoisotopic (exact) mass is 238 g/mol. The zero-order valence-corrected chi connectivity index (χ0v) is 10.4. The highest BCUT2D eigenvalue weighted by molar-refractivity contribution is 7.99. The Morgan fingerprint density at radius 1 is 1.31 bits per heavy atom. The van der Waals surface area contributed by atoms with Crippen molar-refractivity contribution in [2.75, 3.05) is 41.8 Å². The summed E-state index contributed by atoms with van der Waals surface area (Å²) in [7, 11) is 0. The van der Waals surface area contributed by atoms with Gasteiger partial charge in [-0.15, -0.1) is 0 Å². The van der Waals surface area contributed by atoms with Crippen LogP contribution in [-0.2, 0) is 0 Å². The molecular formula is C12H18N2OS. The van der Waals surface area contributed by atoms with E-state index in [0.717, 1.165) is 24.5 Å². The van der Waals surface area contributed by atoms with Crippen LogP contribution in [0, 0.1) is 0 Å². The van der Waals surface area contributed by atoms with E-state index in [-0.39, 0.29) is 0 Å². The van der Waals surface area contributed by atoms with Gasteiger partial charge in [-0.2, -0.15) is 11.8 Å². The molecule has 3 nitrogen and oxygen atoms in total. The first-order valence-corrected chi connectivity index (χ1v) is 6.81. The van der Waals surface area contributed by atoms with E-state index in [4.69, 9.17) is 10.5 Å². The summed E-state index contributed by atoms with van der Waals surface area (Å²) in [4.78, 5) is 2.37. The summed E-state index contributed by atoms with van der Waals surface area (Å²) in [6, 6.07) is 5.99. The number of hydrogen-bond acceptors (Lipinski definition) is 4. The van der Waals surface area contributed by atoms with Crippen LogP contribution in [0.15, 0.2) is 18.2 Å². The van der Waals surface area contributed by atoms with E-state index in [2.05, 4.69) is 11.0 Å². The van der Waals surface area contributed by atoms with E-state index in [1.54, 1.807) is 0 Å². The molecule has 1 saturated heterocycles. The van der Waals surface area contributed by atoms with Crippen molar-refractivity contribution in [1.82, 2.24) is 0 Å². The van der Waals surface area contributed by atoms with E-state index in [1.165, 1.54) is 17.2 Å². The molecule has 1 fully saturated rings. The number of anilines is 2. The first kappa shape index (κ1) is 11.5. The lowest BCUT2D eigenvalue weighted by Crippen LogP contribution is -2.32. The van der Waals surface area contributed by atoms with Gasteiger partial charge in [-0.25, -0.2) is 0 Å². The van der Waals surface area contributed by atoms with Gasteiger partial charge < -0.3 is 15.4 Å². The van der Waals surface area contributed by atoms with Gasteiger partial charge in [0.05, 0.1) is 6.61 Å². The molecule has 1 aliphatic heterocycles. The number of hydrogen-bond donors (Lipinski definition) is 1. The normalized spacial score (nSPS) is 16.2. The molecular weight excluding hydrogens is 220 g/mol. The summed E-state index contributed by atoms with van der Waals surface area (Å²) >= 11 is 2.01. The van der Waals surface area contributed by atoms with Crippen LogP contribution in [0.25, 0.3) is 0 Å². The minimum atomic E-state index is 0.679. The number of nitrogens with zero attached hydrogens (tertiary/aromatic N) is 1. The van der Waals surface area contributed by atoms with E-state index < -0.39 is 0 Å². The Morgan fingerprint density at radius 2 is 2.06 bits per heavy atom. The Bertz CT molecular complexity index is 351. The second-order valence-corrected chi connectivity index (χ2v) is 5.02. The summed E-state index contributed by atoms with van der Waals surface area (Å²) in [6.45, 7) is 4.86. The fourth-order valence-electron chi connectivity index (χ4n) is 1.86. The third-order valence-corrected chi connectivity index (χ3v) is 3.54. The van der Waals surface area contributed by atoms with Crippen LogP contribution in [0.4, 0.5) is 11.4 Å². The van der Waals surface area contributed by atoms with Gasteiger partial charge in [0, 0.05) is 48.1 Å². The lowest BCUT2D eigenvalue weighted by Gasteiger charge is -2.29. The number of rotatable bonds is 3. The van der Waals surface area contributed by atoms with Gasteiger partial charge in [0.15, 0.2) is 0 Å². The molecule has 0 unspecified atom stereocenters. The lowest BCUT2D eigenvalue weighted by molar-refractivity contribution is 0.340. The number of nitrogens with two attached hydrogens (primary N) is 1. The number of ether oxygens (including phenoxy) is 1. The highest BCUT2D eigenvalue weighted by Gasteiger charge is 2.12. The van der Waals surface area contributed by atoms with Crippen molar-refractivity contribution >= 4 is 23.1 Å². The maximum Gasteiger partial charge on any atom is 0.123 e. The first-order chi connectivity index (χ1) is 7.79. The Kier molecular flexibility index (Phi) is 3.83. The molecule has 0 saturated carbocycles. The smallest absolute Gasteiger partial charge is 0.123 e. The molecule has 0 bridgehead atoms. The van der Waals surface area contributed by atoms with E-state index in [0.29, 0.717) is 6.61 Å². The summed E-state index contributed by atoms with van der Waals surface area (Å²) in [5, 5.41) is 0. The summed E-state index contributed by atoms with van der Waals surface area (Å²) < 4.78 is 5.51. The highest BCUT2D eigenvalue weighted by atomic mass is 32.2. The van der Waals surface area contributed by atoms with E-state index in [9.17, 15) is 0 Å². The highest BCUT2D eigenvalue weighted by Crippen LogP contribution is 2.27. The topological polar surface area (TPSA) is 38.5 Å². The van der Waals surface area contributed by atoms with E-state index in [1.807, 2.05) is 30.8 Å². The Labute approximate surface area is 101 Å². The maximum atomic E-state index is 5.88. The van der Waals surface area contributed by atoms with Crippen molar-refractivity contribution in [2.24, 2.45) is 0 Å². The van der Waals surface area contributed by atoms with Crippen LogP contribution in [0.1, 0.15) is 6.92 Å². The van der Waals surface area contributed by atoms with Crippen LogP contribution in [0.5, 0.6) is 5.75 Å². The van der Waals surface area contributed by atoms with Crippen molar-refractivity contribution < 1.29 is 4.74 Å². The largest absolute Gasteiger partial charge is 0.494 e. The molecule has 0 aliphatic carbocycles. The molecule has 4 heteroatoms. The number of thioether (sulfide) groups is 1. The number of nitrogen functional groups attached to an aromatic ring is 1. The Balaban J connectivity index is 2.18. The zero-order valence-electron chi connectivity index (χ0n) is 9.61. The van der Waals surface area contributed by atoms with Gasteiger partial charge in [-0.1, -0.05) is 0 Å². The molecule has 1 aromatic carbocycles. The minimum absolute atomic E-state index is 0.679. The molecule has 1 heterocycles. The SMILES string of the molecule is CCOc1cc(N)cc(N2CCSCC2)c1. The van der Waals surface area contributed by atoms with Crippen molar-refractivity contribution in [2.45, 2.75) is 6.92 Å². The summed E-state index contributed by atoms with van der Waals surface area (Å²) in [5.74, 6) is 3.26. The third-order valence-electron chi connectivity index (χ3n) is 2.60. The Hall–Kier alpha value is -1.03. The minimum Gasteiger partial charge on any atom is -0.494 e.